The van der Waals surface area contributed by atoms with Crippen molar-refractivity contribution in [1.82, 2.24) is 10.2 Å². The molecule has 6 nitrogen and oxygen atoms in total. The predicted octanol–water partition coefficient (Wildman–Crippen LogP) is 3.45. The topological polar surface area (TPSA) is 62.8 Å². The second kappa shape index (κ2) is 10.1. The summed E-state index contributed by atoms with van der Waals surface area (Å²) < 4.78 is 47.7. The van der Waals surface area contributed by atoms with Gasteiger partial charge in [-0.15, -0.1) is 0 Å². The lowest BCUT2D eigenvalue weighted by Crippen LogP contribution is -2.47. The minimum absolute atomic E-state index is 0.122. The molecular weight excluding hydrogens is 387 g/mol. The second-order valence-electron chi connectivity index (χ2n) is 6.57. The maximum absolute atomic E-state index is 13.7. The van der Waals surface area contributed by atoms with Crippen molar-refractivity contribution in [1.29, 1.82) is 0 Å². The first-order valence-electron chi connectivity index (χ1n) is 9.16. The molecule has 2 amide bonds. The van der Waals surface area contributed by atoms with Gasteiger partial charge in [-0.1, -0.05) is 30.3 Å². The van der Waals surface area contributed by atoms with E-state index in [9.17, 15) is 18.0 Å². The third-order valence-corrected chi connectivity index (χ3v) is 4.37. The average molecular weight is 409 g/mol. The summed E-state index contributed by atoms with van der Waals surface area (Å²) in [4.78, 5) is 14.3. The summed E-state index contributed by atoms with van der Waals surface area (Å²) in [6.07, 6.45) is -0.170. The van der Waals surface area contributed by atoms with E-state index >= 15 is 0 Å². The van der Waals surface area contributed by atoms with Crippen LogP contribution in [0.1, 0.15) is 5.56 Å². The highest BCUT2D eigenvalue weighted by Gasteiger charge is 2.21. The van der Waals surface area contributed by atoms with Crippen molar-refractivity contribution in [3.8, 4) is 5.75 Å². The van der Waals surface area contributed by atoms with Gasteiger partial charge in [0.1, 0.15) is 0 Å². The fourth-order valence-electron chi connectivity index (χ4n) is 3.04. The standard InChI is InChI=1S/C20H22F3N3O3/c21-17-10-15(6-7-18(17)29-19(22)23)25-20(27)24-11-16-13-26(8-9-28-16)12-14-4-2-1-3-5-14/h1-7,10,16,19H,8-9,11-13H2,(H2,24,25,27). The van der Waals surface area contributed by atoms with Crippen molar-refractivity contribution in [3.63, 3.8) is 0 Å². The number of morpholine rings is 1. The second-order valence-corrected chi connectivity index (χ2v) is 6.57. The van der Waals surface area contributed by atoms with Crippen molar-refractivity contribution in [3.05, 3.63) is 59.9 Å². The van der Waals surface area contributed by atoms with Crippen LogP contribution in [0.2, 0.25) is 0 Å². The summed E-state index contributed by atoms with van der Waals surface area (Å²) in [5.74, 6) is -1.57. The van der Waals surface area contributed by atoms with Gasteiger partial charge in [0.2, 0.25) is 0 Å². The number of halogens is 3. The Bertz CT molecular complexity index is 808. The van der Waals surface area contributed by atoms with E-state index < -0.39 is 24.2 Å². The Hall–Kier alpha value is -2.78. The number of alkyl halides is 2. The minimum Gasteiger partial charge on any atom is -0.432 e. The summed E-state index contributed by atoms with van der Waals surface area (Å²) in [7, 11) is 0. The molecule has 9 heteroatoms. The first kappa shape index (κ1) is 20.9. The van der Waals surface area contributed by atoms with E-state index in [2.05, 4.69) is 32.4 Å². The molecule has 0 aliphatic carbocycles. The summed E-state index contributed by atoms with van der Waals surface area (Å²) in [6.45, 7) is 0.0136. The number of rotatable bonds is 7. The van der Waals surface area contributed by atoms with Crippen LogP contribution in [0, 0.1) is 5.82 Å². The molecule has 1 aliphatic heterocycles. The molecule has 1 unspecified atom stereocenters. The lowest BCUT2D eigenvalue weighted by atomic mass is 10.2. The Morgan fingerprint density at radius 2 is 2.03 bits per heavy atom. The summed E-state index contributed by atoms with van der Waals surface area (Å²) in [6, 6.07) is 12.8. The van der Waals surface area contributed by atoms with Gasteiger partial charge in [0.05, 0.1) is 12.7 Å². The molecule has 1 saturated heterocycles. The molecule has 3 rings (SSSR count). The number of hydrogen-bond donors (Lipinski definition) is 2. The molecule has 0 spiro atoms. The number of nitrogens with zero attached hydrogens (tertiary/aromatic N) is 1. The predicted molar refractivity (Wildman–Crippen MR) is 102 cm³/mol. The maximum atomic E-state index is 13.7. The van der Waals surface area contributed by atoms with Crippen LogP contribution in [0.4, 0.5) is 23.7 Å². The Labute approximate surface area is 166 Å². The van der Waals surface area contributed by atoms with Crippen molar-refractivity contribution in [2.75, 3.05) is 31.6 Å². The maximum Gasteiger partial charge on any atom is 0.387 e. The quantitative estimate of drug-likeness (QED) is 0.736. The molecule has 1 atom stereocenters. The minimum atomic E-state index is -3.12. The number of hydrogen-bond acceptors (Lipinski definition) is 4. The van der Waals surface area contributed by atoms with Gasteiger partial charge in [-0.05, 0) is 17.7 Å². The van der Waals surface area contributed by atoms with Crippen LogP contribution in [0.15, 0.2) is 48.5 Å². The van der Waals surface area contributed by atoms with Crippen molar-refractivity contribution < 1.29 is 27.4 Å². The highest BCUT2D eigenvalue weighted by Crippen LogP contribution is 2.22. The van der Waals surface area contributed by atoms with Crippen LogP contribution in [0.3, 0.4) is 0 Å². The number of carbonyl (C=O) groups excluding carboxylic acids is 1. The van der Waals surface area contributed by atoms with Gasteiger partial charge in [0, 0.05) is 37.9 Å². The Morgan fingerprint density at radius 1 is 1.24 bits per heavy atom. The molecular formula is C20H22F3N3O3. The Balaban J connectivity index is 1.44. The van der Waals surface area contributed by atoms with Crippen molar-refractivity contribution in [2.24, 2.45) is 0 Å². The first-order chi connectivity index (χ1) is 14.0. The summed E-state index contributed by atoms with van der Waals surface area (Å²) in [5.41, 5.74) is 1.33. The highest BCUT2D eigenvalue weighted by molar-refractivity contribution is 5.89. The number of benzene rings is 2. The SMILES string of the molecule is O=C(NCC1CN(Cc2ccccc2)CCO1)Nc1ccc(OC(F)F)c(F)c1. The van der Waals surface area contributed by atoms with Crippen LogP contribution in [-0.4, -0.2) is 49.9 Å². The Morgan fingerprint density at radius 3 is 2.76 bits per heavy atom. The molecule has 2 N–H and O–H groups in total. The van der Waals surface area contributed by atoms with Crippen LogP contribution < -0.4 is 15.4 Å². The number of amides is 2. The van der Waals surface area contributed by atoms with Gasteiger partial charge in [-0.2, -0.15) is 8.78 Å². The third kappa shape index (κ3) is 6.65. The van der Waals surface area contributed by atoms with Crippen LogP contribution in [-0.2, 0) is 11.3 Å². The summed E-state index contributed by atoms with van der Waals surface area (Å²) in [5, 5.41) is 5.13. The van der Waals surface area contributed by atoms with E-state index in [1.54, 1.807) is 0 Å². The van der Waals surface area contributed by atoms with Gasteiger partial charge < -0.3 is 20.1 Å². The van der Waals surface area contributed by atoms with Gasteiger partial charge in [-0.3, -0.25) is 4.90 Å². The average Bonchev–Trinajstić information content (AvgIpc) is 2.69. The zero-order valence-corrected chi connectivity index (χ0v) is 15.6. The lowest BCUT2D eigenvalue weighted by Gasteiger charge is -2.33. The van der Waals surface area contributed by atoms with E-state index in [-0.39, 0.29) is 18.3 Å². The lowest BCUT2D eigenvalue weighted by molar-refractivity contribution is -0.0521. The molecule has 29 heavy (non-hydrogen) atoms. The van der Waals surface area contributed by atoms with Crippen LogP contribution >= 0.6 is 0 Å². The molecule has 1 fully saturated rings. The molecule has 1 aliphatic rings. The van der Waals surface area contributed by atoms with Crippen LogP contribution in [0.5, 0.6) is 5.75 Å². The van der Waals surface area contributed by atoms with E-state index in [4.69, 9.17) is 4.74 Å². The van der Waals surface area contributed by atoms with Crippen molar-refractivity contribution >= 4 is 11.7 Å². The molecule has 156 valence electrons. The first-order valence-corrected chi connectivity index (χ1v) is 9.16. The van der Waals surface area contributed by atoms with Crippen molar-refractivity contribution in [2.45, 2.75) is 19.3 Å². The fraction of sp³-hybridized carbons (Fsp3) is 0.350. The molecule has 0 saturated carbocycles. The zero-order valence-electron chi connectivity index (χ0n) is 15.6. The molecule has 2 aromatic rings. The monoisotopic (exact) mass is 409 g/mol. The van der Waals surface area contributed by atoms with Gasteiger partial charge in [0.15, 0.2) is 11.6 Å². The van der Waals surface area contributed by atoms with Gasteiger partial charge in [-0.25, -0.2) is 9.18 Å². The third-order valence-electron chi connectivity index (χ3n) is 4.37. The zero-order chi connectivity index (χ0) is 20.6. The molecule has 0 bridgehead atoms. The number of anilines is 1. The summed E-state index contributed by atoms with van der Waals surface area (Å²) >= 11 is 0. The molecule has 1 heterocycles. The van der Waals surface area contributed by atoms with Gasteiger partial charge in [0.25, 0.3) is 0 Å². The van der Waals surface area contributed by atoms with Gasteiger partial charge >= 0.3 is 12.6 Å². The normalized spacial score (nSPS) is 17.2. The number of urea groups is 1. The molecule has 0 radical (unpaired) electrons. The number of nitrogens with one attached hydrogen (secondary N) is 2. The van der Waals surface area contributed by atoms with E-state index in [0.717, 1.165) is 25.2 Å². The largest absolute Gasteiger partial charge is 0.432 e. The smallest absolute Gasteiger partial charge is 0.387 e. The number of carbonyl (C=O) groups is 1. The Kier molecular flexibility index (Phi) is 7.31. The number of ether oxygens (including phenoxy) is 2. The highest BCUT2D eigenvalue weighted by atomic mass is 19.3. The molecule has 2 aromatic carbocycles. The molecule has 0 aromatic heterocycles. The fourth-order valence-corrected chi connectivity index (χ4v) is 3.04. The van der Waals surface area contributed by atoms with E-state index in [1.807, 2.05) is 18.2 Å². The van der Waals surface area contributed by atoms with Crippen LogP contribution in [0.25, 0.3) is 0 Å². The van der Waals surface area contributed by atoms with E-state index in [1.165, 1.54) is 11.6 Å². The van der Waals surface area contributed by atoms with E-state index in [0.29, 0.717) is 13.2 Å².